The van der Waals surface area contributed by atoms with Gasteiger partial charge in [-0.3, -0.25) is 14.5 Å². The van der Waals surface area contributed by atoms with Crippen LogP contribution in [0.15, 0.2) is 53.0 Å². The molecule has 0 spiro atoms. The smallest absolute Gasteiger partial charge is 0.326 e. The molecule has 0 bridgehead atoms. The summed E-state index contributed by atoms with van der Waals surface area (Å²) in [5.41, 5.74) is 10.3. The third-order valence-corrected chi connectivity index (χ3v) is 6.30. The Hall–Kier alpha value is -3.39. The fourth-order valence-corrected chi connectivity index (χ4v) is 4.39. The topological polar surface area (TPSA) is 102 Å². The molecule has 3 aromatic rings. The molecule has 0 unspecified atom stereocenters. The summed E-state index contributed by atoms with van der Waals surface area (Å²) in [7, 11) is 0. The van der Waals surface area contributed by atoms with Gasteiger partial charge in [-0.25, -0.2) is 4.79 Å². The fourth-order valence-electron chi connectivity index (χ4n) is 4.39. The normalized spacial score (nSPS) is 15.0. The predicted octanol–water partition coefficient (Wildman–Crippen LogP) is 4.07. The quantitative estimate of drug-likeness (QED) is 0.320. The number of imidazole rings is 1. The van der Waals surface area contributed by atoms with Gasteiger partial charge in [-0.1, -0.05) is 37.6 Å². The van der Waals surface area contributed by atoms with Crippen molar-refractivity contribution in [3.05, 3.63) is 69.9 Å². The van der Waals surface area contributed by atoms with Crippen LogP contribution in [0.4, 0.5) is 5.82 Å². The van der Waals surface area contributed by atoms with E-state index in [4.69, 9.17) is 10.5 Å². The van der Waals surface area contributed by atoms with E-state index in [1.165, 1.54) is 31.5 Å². The number of aromatic nitrogens is 4. The lowest BCUT2D eigenvalue weighted by Crippen LogP contribution is -2.21. The van der Waals surface area contributed by atoms with Crippen molar-refractivity contribution in [1.29, 1.82) is 0 Å². The lowest BCUT2D eigenvalue weighted by molar-refractivity contribution is 0.298. The molecule has 0 atom stereocenters. The Morgan fingerprint density at radius 3 is 2.83 bits per heavy atom. The van der Waals surface area contributed by atoms with Gasteiger partial charge >= 0.3 is 5.69 Å². The number of allylic oxidation sites excluding steroid dienone is 2. The van der Waals surface area contributed by atoms with E-state index in [9.17, 15) is 4.79 Å². The highest BCUT2D eigenvalue weighted by Crippen LogP contribution is 2.22. The Kier molecular flexibility index (Phi) is 8.36. The van der Waals surface area contributed by atoms with E-state index in [2.05, 4.69) is 51.9 Å². The van der Waals surface area contributed by atoms with Crippen LogP contribution in [0.2, 0.25) is 0 Å². The first-order valence-corrected chi connectivity index (χ1v) is 12.6. The van der Waals surface area contributed by atoms with Crippen molar-refractivity contribution in [1.82, 2.24) is 24.4 Å². The number of nitrogens with two attached hydrogens (primary N) is 1. The monoisotopic (exact) mass is 476 g/mol. The molecule has 1 aliphatic rings. The van der Waals surface area contributed by atoms with E-state index < -0.39 is 0 Å². The largest absolute Gasteiger partial charge is 0.478 e. The molecule has 1 aliphatic heterocycles. The summed E-state index contributed by atoms with van der Waals surface area (Å²) in [5.74, 6) is 0.693. The molecular weight excluding hydrogens is 440 g/mol. The second-order valence-corrected chi connectivity index (χ2v) is 9.08. The van der Waals surface area contributed by atoms with Crippen molar-refractivity contribution in [2.24, 2.45) is 0 Å². The summed E-state index contributed by atoms with van der Waals surface area (Å²) in [6.07, 6.45) is 13.7. The minimum atomic E-state index is -0.232. The van der Waals surface area contributed by atoms with E-state index >= 15 is 0 Å². The van der Waals surface area contributed by atoms with E-state index in [0.717, 1.165) is 37.1 Å². The predicted molar refractivity (Wildman–Crippen MR) is 141 cm³/mol. The lowest BCUT2D eigenvalue weighted by atomic mass is 10.1. The zero-order valence-electron chi connectivity index (χ0n) is 20.8. The second-order valence-electron chi connectivity index (χ2n) is 9.08. The van der Waals surface area contributed by atoms with Crippen molar-refractivity contribution in [3.8, 4) is 5.88 Å². The maximum absolute atomic E-state index is 12.7. The molecule has 0 aliphatic carbocycles. The minimum Gasteiger partial charge on any atom is -0.478 e. The SMILES string of the molecule is CC=CC(=CCc1ccc(Cn2c(=O)[nH]c3c(N)nc(OCCCC)cc32)cn1)CN1CCCC1. The molecule has 3 aromatic heterocycles. The molecule has 0 amide bonds. The van der Waals surface area contributed by atoms with Crippen LogP contribution in [0, 0.1) is 0 Å². The molecule has 1 fully saturated rings. The van der Waals surface area contributed by atoms with Gasteiger partial charge in [0.1, 0.15) is 5.52 Å². The summed E-state index contributed by atoms with van der Waals surface area (Å²) in [4.78, 5) is 26.9. The molecule has 0 aromatic carbocycles. The maximum Gasteiger partial charge on any atom is 0.326 e. The van der Waals surface area contributed by atoms with Crippen molar-refractivity contribution < 1.29 is 4.74 Å². The Morgan fingerprint density at radius 1 is 1.29 bits per heavy atom. The second kappa shape index (κ2) is 11.8. The highest BCUT2D eigenvalue weighted by molar-refractivity contribution is 5.85. The molecule has 8 heteroatoms. The molecule has 0 saturated carbocycles. The first-order valence-electron chi connectivity index (χ1n) is 12.6. The highest BCUT2D eigenvalue weighted by Gasteiger charge is 2.14. The van der Waals surface area contributed by atoms with Crippen LogP contribution in [0.25, 0.3) is 11.0 Å². The number of unbranched alkanes of at least 4 members (excludes halogenated alkanes) is 1. The van der Waals surface area contributed by atoms with Crippen LogP contribution >= 0.6 is 0 Å². The minimum absolute atomic E-state index is 0.232. The summed E-state index contributed by atoms with van der Waals surface area (Å²) >= 11 is 0. The number of aromatic amines is 1. The molecule has 0 radical (unpaired) electrons. The number of nitrogen functional groups attached to an aromatic ring is 1. The molecule has 4 rings (SSSR count). The fraction of sp³-hybridized carbons (Fsp3) is 0.444. The summed E-state index contributed by atoms with van der Waals surface area (Å²) < 4.78 is 7.37. The van der Waals surface area contributed by atoms with Crippen LogP contribution < -0.4 is 16.2 Å². The average molecular weight is 477 g/mol. The molecule has 186 valence electrons. The number of ether oxygens (including phenoxy) is 1. The van der Waals surface area contributed by atoms with Gasteiger partial charge in [0.25, 0.3) is 0 Å². The molecule has 35 heavy (non-hydrogen) atoms. The van der Waals surface area contributed by atoms with Crippen molar-refractivity contribution >= 4 is 16.9 Å². The number of likely N-dealkylation sites (tertiary alicyclic amines) is 1. The van der Waals surface area contributed by atoms with E-state index in [0.29, 0.717) is 30.1 Å². The maximum atomic E-state index is 12.7. The van der Waals surface area contributed by atoms with Gasteiger partial charge < -0.3 is 15.5 Å². The number of anilines is 1. The van der Waals surface area contributed by atoms with Gasteiger partial charge in [0.15, 0.2) is 5.82 Å². The number of rotatable bonds is 11. The van der Waals surface area contributed by atoms with Gasteiger partial charge in [-0.05, 0) is 56.5 Å². The van der Waals surface area contributed by atoms with Crippen molar-refractivity contribution in [3.63, 3.8) is 0 Å². The Morgan fingerprint density at radius 2 is 2.11 bits per heavy atom. The number of H-pyrrole nitrogens is 1. The molecule has 8 nitrogen and oxygen atoms in total. The van der Waals surface area contributed by atoms with Crippen LogP contribution in [-0.4, -0.2) is 50.7 Å². The van der Waals surface area contributed by atoms with Gasteiger partial charge in [-0.2, -0.15) is 4.98 Å². The van der Waals surface area contributed by atoms with Gasteiger partial charge in [-0.15, -0.1) is 0 Å². The number of nitrogens with one attached hydrogen (secondary N) is 1. The van der Waals surface area contributed by atoms with Crippen LogP contribution in [0.5, 0.6) is 5.88 Å². The van der Waals surface area contributed by atoms with E-state index in [1.54, 1.807) is 10.6 Å². The zero-order valence-corrected chi connectivity index (χ0v) is 20.8. The van der Waals surface area contributed by atoms with Gasteiger partial charge in [0.05, 0.1) is 18.7 Å². The Bertz CT molecular complexity index is 1230. The number of hydrogen-bond acceptors (Lipinski definition) is 6. The molecule has 1 saturated heterocycles. The van der Waals surface area contributed by atoms with Crippen molar-refractivity contribution in [2.75, 3.05) is 32.0 Å². The van der Waals surface area contributed by atoms with Gasteiger partial charge in [0, 0.05) is 30.9 Å². The third-order valence-electron chi connectivity index (χ3n) is 6.30. The Balaban J connectivity index is 1.47. The standard InChI is InChI=1S/C27H36N6O2/c1-3-5-15-35-24-16-23-25(26(28)30-24)31-27(34)33(23)19-21-10-12-22(29-17-21)11-9-20(8-4-2)18-32-13-6-7-14-32/h4,8-10,12,16-17H,3,5-7,11,13-15,18-19H2,1-2H3,(H2,28,30)(H,31,34). The Labute approximate surface area is 206 Å². The summed E-state index contributed by atoms with van der Waals surface area (Å²) in [6.45, 7) is 8.47. The number of fused-ring (bicyclic) bond motifs is 1. The zero-order chi connectivity index (χ0) is 24.6. The first kappa shape index (κ1) is 24.7. The van der Waals surface area contributed by atoms with Crippen LogP contribution in [-0.2, 0) is 13.0 Å². The number of hydrogen-bond donors (Lipinski definition) is 2. The van der Waals surface area contributed by atoms with Crippen LogP contribution in [0.3, 0.4) is 0 Å². The molecule has 3 N–H and O–H groups in total. The van der Waals surface area contributed by atoms with Crippen LogP contribution in [0.1, 0.15) is 50.8 Å². The molecule has 4 heterocycles. The lowest BCUT2D eigenvalue weighted by Gasteiger charge is -2.15. The molecular formula is C27H36N6O2. The summed E-state index contributed by atoms with van der Waals surface area (Å²) in [6, 6.07) is 5.83. The van der Waals surface area contributed by atoms with E-state index in [1.807, 2.05) is 18.3 Å². The first-order chi connectivity index (χ1) is 17.1. The summed E-state index contributed by atoms with van der Waals surface area (Å²) in [5, 5.41) is 0. The van der Waals surface area contributed by atoms with Gasteiger partial charge in [0.2, 0.25) is 5.88 Å². The average Bonchev–Trinajstić information content (AvgIpc) is 3.47. The third kappa shape index (κ3) is 6.39. The van der Waals surface area contributed by atoms with E-state index in [-0.39, 0.29) is 11.5 Å². The van der Waals surface area contributed by atoms with Crippen molar-refractivity contribution in [2.45, 2.75) is 52.5 Å². The number of pyridine rings is 2. The highest BCUT2D eigenvalue weighted by atomic mass is 16.5. The number of nitrogens with zero attached hydrogens (tertiary/aromatic N) is 4.